The van der Waals surface area contributed by atoms with E-state index >= 15 is 0 Å². The fourth-order valence-corrected chi connectivity index (χ4v) is 5.38. The smallest absolute Gasteiger partial charge is 0.322 e. The van der Waals surface area contributed by atoms with Crippen molar-refractivity contribution < 1.29 is 19.1 Å². The highest BCUT2D eigenvalue weighted by Crippen LogP contribution is 2.35. The highest BCUT2D eigenvalue weighted by Gasteiger charge is 2.45. The van der Waals surface area contributed by atoms with E-state index in [1.54, 1.807) is 7.11 Å². The van der Waals surface area contributed by atoms with Gasteiger partial charge in [-0.25, -0.2) is 4.79 Å². The minimum Gasteiger partial charge on any atom is -0.497 e. The predicted octanol–water partition coefficient (Wildman–Crippen LogP) is 4.62. The van der Waals surface area contributed by atoms with Crippen LogP contribution in [0.2, 0.25) is 0 Å². The Hall–Kier alpha value is -1.56. The summed E-state index contributed by atoms with van der Waals surface area (Å²) in [7, 11) is 1.62. The van der Waals surface area contributed by atoms with Crippen LogP contribution in [0, 0.1) is 7.14 Å². The summed E-state index contributed by atoms with van der Waals surface area (Å²) >= 11 is 4.46. The van der Waals surface area contributed by atoms with Gasteiger partial charge in [0.05, 0.1) is 14.3 Å². The maximum Gasteiger partial charge on any atom is 0.322 e. The Balaban J connectivity index is 1.84. The number of carbonyl (C=O) groups excluding carboxylic acids is 2. The van der Waals surface area contributed by atoms with Crippen LogP contribution in [0.25, 0.3) is 0 Å². The van der Waals surface area contributed by atoms with Gasteiger partial charge in [-0.05, 0) is 93.6 Å². The summed E-state index contributed by atoms with van der Waals surface area (Å²) < 4.78 is 13.1. The van der Waals surface area contributed by atoms with Gasteiger partial charge in [-0.3, -0.25) is 10.1 Å². The van der Waals surface area contributed by atoms with Crippen LogP contribution in [0.4, 0.5) is 4.79 Å². The van der Waals surface area contributed by atoms with Crippen LogP contribution in [0.3, 0.4) is 0 Å². The Kier molecular flexibility index (Phi) is 6.69. The molecule has 0 saturated carbocycles. The van der Waals surface area contributed by atoms with E-state index in [0.717, 1.165) is 30.6 Å². The van der Waals surface area contributed by atoms with Crippen molar-refractivity contribution in [3.05, 3.63) is 49.1 Å². The number of hydrogen-bond acceptors (Lipinski definition) is 4. The number of imide groups is 1. The van der Waals surface area contributed by atoms with Crippen LogP contribution >= 0.6 is 45.2 Å². The number of urea groups is 1. The number of rotatable bonds is 7. The van der Waals surface area contributed by atoms with Gasteiger partial charge in [0.25, 0.3) is 5.91 Å². The van der Waals surface area contributed by atoms with E-state index < -0.39 is 11.6 Å². The first-order chi connectivity index (χ1) is 13.4. The Morgan fingerprint density at radius 1 is 1.04 bits per heavy atom. The first-order valence-electron chi connectivity index (χ1n) is 8.80. The van der Waals surface area contributed by atoms with E-state index in [9.17, 15) is 9.59 Å². The Labute approximate surface area is 191 Å². The third-order valence-corrected chi connectivity index (χ3v) is 6.14. The van der Waals surface area contributed by atoms with E-state index in [1.807, 2.05) is 43.3 Å². The topological polar surface area (TPSA) is 76.7 Å². The molecule has 0 bridgehead atoms. The second-order valence-corrected chi connectivity index (χ2v) is 8.91. The molecule has 3 amide bonds. The SMILES string of the molecule is CCCC1(Cc2cc(I)c(Oc3ccc(OC)cc3)c(I)c2)NC(=O)NC1=O. The Morgan fingerprint density at radius 2 is 1.64 bits per heavy atom. The monoisotopic (exact) mass is 606 g/mol. The second-order valence-electron chi connectivity index (χ2n) is 6.58. The van der Waals surface area contributed by atoms with Gasteiger partial charge in [0.1, 0.15) is 17.0 Å². The summed E-state index contributed by atoms with van der Waals surface area (Å²) in [4.78, 5) is 24.1. The average molecular weight is 606 g/mol. The molecule has 1 fully saturated rings. The molecule has 8 heteroatoms. The zero-order valence-electron chi connectivity index (χ0n) is 15.5. The lowest BCUT2D eigenvalue weighted by molar-refractivity contribution is -0.124. The van der Waals surface area contributed by atoms with Gasteiger partial charge in [0, 0.05) is 6.42 Å². The van der Waals surface area contributed by atoms with E-state index in [2.05, 4.69) is 55.8 Å². The minimum absolute atomic E-state index is 0.261. The van der Waals surface area contributed by atoms with Crippen LogP contribution in [0.15, 0.2) is 36.4 Å². The summed E-state index contributed by atoms with van der Waals surface area (Å²) in [5.41, 5.74) is 0.0813. The largest absolute Gasteiger partial charge is 0.497 e. The van der Waals surface area contributed by atoms with Crippen molar-refractivity contribution >= 4 is 57.1 Å². The quantitative estimate of drug-likeness (QED) is 0.357. The molecule has 1 unspecified atom stereocenters. The summed E-state index contributed by atoms with van der Waals surface area (Å²) in [6.45, 7) is 2.00. The van der Waals surface area contributed by atoms with E-state index in [0.29, 0.717) is 18.6 Å². The van der Waals surface area contributed by atoms with Crippen molar-refractivity contribution in [2.75, 3.05) is 7.11 Å². The van der Waals surface area contributed by atoms with Gasteiger partial charge < -0.3 is 14.8 Å². The molecule has 0 radical (unpaired) electrons. The van der Waals surface area contributed by atoms with Crippen LogP contribution in [-0.4, -0.2) is 24.6 Å². The first kappa shape index (κ1) is 21.2. The number of carbonyl (C=O) groups is 2. The lowest BCUT2D eigenvalue weighted by atomic mass is 9.86. The molecule has 6 nitrogen and oxygen atoms in total. The molecule has 28 heavy (non-hydrogen) atoms. The molecule has 0 aliphatic carbocycles. The maximum absolute atomic E-state index is 12.4. The van der Waals surface area contributed by atoms with Gasteiger partial charge in [-0.1, -0.05) is 13.3 Å². The predicted molar refractivity (Wildman–Crippen MR) is 123 cm³/mol. The third kappa shape index (κ3) is 4.53. The van der Waals surface area contributed by atoms with Gasteiger partial charge in [-0.2, -0.15) is 0 Å². The molecule has 1 saturated heterocycles. The van der Waals surface area contributed by atoms with Crippen molar-refractivity contribution in [3.8, 4) is 17.2 Å². The molecule has 0 aromatic heterocycles. The molecule has 3 rings (SSSR count). The number of methoxy groups -OCH3 is 1. The Bertz CT molecular complexity index is 879. The minimum atomic E-state index is -0.893. The van der Waals surface area contributed by atoms with Crippen LogP contribution in [0.5, 0.6) is 17.2 Å². The molecule has 2 aromatic rings. The zero-order chi connectivity index (χ0) is 20.3. The van der Waals surface area contributed by atoms with Crippen molar-refractivity contribution in [2.45, 2.75) is 31.7 Å². The van der Waals surface area contributed by atoms with Crippen LogP contribution < -0.4 is 20.1 Å². The lowest BCUT2D eigenvalue weighted by Crippen LogP contribution is -2.48. The summed E-state index contributed by atoms with van der Waals surface area (Å²) in [5, 5.41) is 5.19. The standard InChI is InChI=1S/C20H20I2N2O4/c1-3-8-20(18(25)23-19(26)24-20)11-12-9-15(21)17(16(22)10-12)28-14-6-4-13(27-2)5-7-14/h4-7,9-10H,3,8,11H2,1-2H3,(H2,23,24,25,26). The number of ether oxygens (including phenoxy) is 2. The number of nitrogens with one attached hydrogen (secondary N) is 2. The highest BCUT2D eigenvalue weighted by molar-refractivity contribution is 14.1. The number of halogens is 2. The number of benzene rings is 2. The van der Waals surface area contributed by atoms with Gasteiger partial charge in [0.2, 0.25) is 0 Å². The summed E-state index contributed by atoms with van der Waals surface area (Å²) in [5.74, 6) is 1.99. The molecule has 1 aliphatic rings. The molecule has 2 N–H and O–H groups in total. The number of hydrogen-bond donors (Lipinski definition) is 2. The average Bonchev–Trinajstić information content (AvgIpc) is 2.92. The second kappa shape index (κ2) is 8.85. The van der Waals surface area contributed by atoms with Gasteiger partial charge in [0.15, 0.2) is 5.75 Å². The van der Waals surface area contributed by atoms with Crippen molar-refractivity contribution in [2.24, 2.45) is 0 Å². The van der Waals surface area contributed by atoms with Gasteiger partial charge in [-0.15, -0.1) is 0 Å². The van der Waals surface area contributed by atoms with Crippen molar-refractivity contribution in [1.29, 1.82) is 0 Å². The molecular weight excluding hydrogens is 586 g/mol. The molecule has 148 valence electrons. The molecule has 1 atom stereocenters. The van der Waals surface area contributed by atoms with Gasteiger partial charge >= 0.3 is 6.03 Å². The highest BCUT2D eigenvalue weighted by atomic mass is 127. The molecule has 0 spiro atoms. The summed E-state index contributed by atoms with van der Waals surface area (Å²) in [6, 6.07) is 11.0. The fourth-order valence-electron chi connectivity index (χ4n) is 3.27. The van der Waals surface area contributed by atoms with Crippen LogP contribution in [-0.2, 0) is 11.2 Å². The Morgan fingerprint density at radius 3 is 2.14 bits per heavy atom. The maximum atomic E-state index is 12.4. The van der Waals surface area contributed by atoms with Crippen LogP contribution in [0.1, 0.15) is 25.3 Å². The molecule has 1 aliphatic heterocycles. The normalized spacial score (nSPS) is 18.6. The molecular formula is C20H20I2N2O4. The zero-order valence-corrected chi connectivity index (χ0v) is 19.8. The lowest BCUT2D eigenvalue weighted by Gasteiger charge is -2.26. The summed E-state index contributed by atoms with van der Waals surface area (Å²) in [6.07, 6.45) is 1.82. The third-order valence-electron chi connectivity index (χ3n) is 4.53. The molecule has 1 heterocycles. The van der Waals surface area contributed by atoms with Crippen molar-refractivity contribution in [1.82, 2.24) is 10.6 Å². The van der Waals surface area contributed by atoms with E-state index in [1.165, 1.54) is 0 Å². The fraction of sp³-hybridized carbons (Fsp3) is 0.300. The first-order valence-corrected chi connectivity index (χ1v) is 11.0. The number of amides is 3. The van der Waals surface area contributed by atoms with E-state index in [-0.39, 0.29) is 5.91 Å². The van der Waals surface area contributed by atoms with E-state index in [4.69, 9.17) is 9.47 Å². The van der Waals surface area contributed by atoms with Crippen molar-refractivity contribution in [3.63, 3.8) is 0 Å². The molecule has 2 aromatic carbocycles.